The number of anilines is 1. The Bertz CT molecular complexity index is 1320. The maximum atomic E-state index is 13.2. The Morgan fingerprint density at radius 1 is 1.03 bits per heavy atom. The van der Waals surface area contributed by atoms with Gasteiger partial charge in [0.05, 0.1) is 23.4 Å². The van der Waals surface area contributed by atoms with Crippen LogP contribution in [-0.2, 0) is 27.4 Å². The van der Waals surface area contributed by atoms with Crippen molar-refractivity contribution in [2.24, 2.45) is 0 Å². The Labute approximate surface area is 210 Å². The molecule has 0 heterocycles. The molecule has 0 aromatic heterocycles. The van der Waals surface area contributed by atoms with E-state index < -0.39 is 33.7 Å². The zero-order valence-corrected chi connectivity index (χ0v) is 20.4. The highest BCUT2D eigenvalue weighted by atomic mass is 35.5. The van der Waals surface area contributed by atoms with Crippen LogP contribution in [-0.4, -0.2) is 27.5 Å². The molecule has 3 aromatic rings. The van der Waals surface area contributed by atoms with E-state index in [0.29, 0.717) is 11.6 Å². The Balaban J connectivity index is 1.96. The number of nitrogens with one attached hydrogen (secondary N) is 2. The molecule has 3 rings (SSSR count). The first-order chi connectivity index (χ1) is 16.4. The van der Waals surface area contributed by atoms with Crippen LogP contribution in [0.15, 0.2) is 71.6 Å². The second kappa shape index (κ2) is 10.9. The molecule has 186 valence electrons. The maximum Gasteiger partial charge on any atom is 0.416 e. The summed E-state index contributed by atoms with van der Waals surface area (Å²) in [5.74, 6) is -0.929. The van der Waals surface area contributed by atoms with E-state index in [9.17, 15) is 26.4 Å². The van der Waals surface area contributed by atoms with Gasteiger partial charge in [0.2, 0.25) is 15.9 Å². The molecule has 35 heavy (non-hydrogen) atoms. The fourth-order valence-electron chi connectivity index (χ4n) is 3.17. The molecule has 3 aromatic carbocycles. The predicted molar refractivity (Wildman–Crippen MR) is 127 cm³/mol. The summed E-state index contributed by atoms with van der Waals surface area (Å²) in [7, 11) is -3.09. The highest BCUT2D eigenvalue weighted by Crippen LogP contribution is 2.34. The lowest BCUT2D eigenvalue weighted by Gasteiger charge is -2.20. The van der Waals surface area contributed by atoms with Crippen LogP contribution in [0.1, 0.15) is 11.1 Å². The number of hydrogen-bond donors (Lipinski definition) is 2. The fourth-order valence-corrected chi connectivity index (χ4v) is 4.96. The number of carbonyl (C=O) groups excluding carboxylic acids is 1. The van der Waals surface area contributed by atoms with Crippen molar-refractivity contribution < 1.29 is 31.1 Å². The molecule has 0 fully saturated rings. The normalized spacial score (nSPS) is 12.7. The molecule has 0 aliphatic heterocycles. The number of halogens is 5. The summed E-state index contributed by atoms with van der Waals surface area (Å²) in [6.45, 7) is 0. The van der Waals surface area contributed by atoms with Crippen molar-refractivity contribution in [3.8, 4) is 5.75 Å². The molecule has 1 atom stereocenters. The summed E-state index contributed by atoms with van der Waals surface area (Å²) in [6.07, 6.45) is -4.77. The molecular weight excluding hydrogens is 528 g/mol. The smallest absolute Gasteiger partial charge is 0.416 e. The van der Waals surface area contributed by atoms with Gasteiger partial charge in [0, 0.05) is 5.02 Å². The molecule has 1 amide bonds. The SMILES string of the molecule is COc1ccc(Cl)cc1S(=O)(=O)N[C@H](Cc1ccccc1)C(=O)Nc1cc(C(F)(F)F)ccc1Cl. The Morgan fingerprint density at radius 3 is 2.34 bits per heavy atom. The van der Waals surface area contributed by atoms with Crippen molar-refractivity contribution in [1.82, 2.24) is 4.72 Å². The summed E-state index contributed by atoms with van der Waals surface area (Å²) in [6, 6.07) is 13.4. The standard InChI is InChI=1S/C23H19Cl2F3N2O4S/c1-34-20-10-8-16(24)13-21(20)35(32,33)30-19(11-14-5-3-2-4-6-14)22(31)29-18-12-15(23(26,27)28)7-9-17(18)25/h2-10,12-13,19,30H,11H2,1H3,(H,29,31)/t19-/m1/s1. The first-order valence-electron chi connectivity index (χ1n) is 9.98. The third-order valence-corrected chi connectivity index (χ3v) is 6.92. The summed E-state index contributed by atoms with van der Waals surface area (Å²) < 4.78 is 73.1. The van der Waals surface area contributed by atoms with Gasteiger partial charge in [-0.1, -0.05) is 53.5 Å². The lowest BCUT2D eigenvalue weighted by molar-refractivity contribution is -0.137. The van der Waals surface area contributed by atoms with E-state index >= 15 is 0 Å². The summed E-state index contributed by atoms with van der Waals surface area (Å²) in [5.41, 5.74) is -0.742. The molecule has 0 saturated heterocycles. The van der Waals surface area contributed by atoms with Crippen molar-refractivity contribution in [1.29, 1.82) is 0 Å². The fraction of sp³-hybridized carbons (Fsp3) is 0.174. The minimum atomic E-state index is -4.67. The summed E-state index contributed by atoms with van der Waals surface area (Å²) >= 11 is 11.9. The summed E-state index contributed by atoms with van der Waals surface area (Å²) in [5, 5.41) is 2.27. The lowest BCUT2D eigenvalue weighted by Crippen LogP contribution is -2.45. The quantitative estimate of drug-likeness (QED) is 0.388. The van der Waals surface area contributed by atoms with Gasteiger partial charge in [0.15, 0.2) is 0 Å². The number of ether oxygens (including phenoxy) is 1. The minimum Gasteiger partial charge on any atom is -0.495 e. The molecule has 0 bridgehead atoms. The molecule has 12 heteroatoms. The van der Waals surface area contributed by atoms with Crippen LogP contribution in [0.3, 0.4) is 0 Å². The number of benzene rings is 3. The average Bonchev–Trinajstić information content (AvgIpc) is 2.80. The zero-order valence-electron chi connectivity index (χ0n) is 18.1. The third kappa shape index (κ3) is 6.88. The molecule has 0 spiro atoms. The van der Waals surface area contributed by atoms with Gasteiger partial charge in [-0.25, -0.2) is 8.42 Å². The van der Waals surface area contributed by atoms with Gasteiger partial charge < -0.3 is 10.1 Å². The summed E-state index contributed by atoms with van der Waals surface area (Å²) in [4.78, 5) is 12.8. The van der Waals surface area contributed by atoms with Crippen LogP contribution in [0.5, 0.6) is 5.75 Å². The van der Waals surface area contributed by atoms with Gasteiger partial charge in [0.1, 0.15) is 16.7 Å². The van der Waals surface area contributed by atoms with E-state index in [1.807, 2.05) is 0 Å². The molecule has 0 saturated carbocycles. The van der Waals surface area contributed by atoms with E-state index in [0.717, 1.165) is 18.2 Å². The van der Waals surface area contributed by atoms with Crippen LogP contribution in [0, 0.1) is 0 Å². The van der Waals surface area contributed by atoms with Crippen molar-refractivity contribution in [2.45, 2.75) is 23.5 Å². The van der Waals surface area contributed by atoms with Crippen LogP contribution in [0.25, 0.3) is 0 Å². The number of rotatable bonds is 8. The molecule has 0 unspecified atom stereocenters. The second-order valence-electron chi connectivity index (χ2n) is 7.34. The van der Waals surface area contributed by atoms with Crippen LogP contribution in [0.4, 0.5) is 18.9 Å². The number of hydrogen-bond acceptors (Lipinski definition) is 4. The molecular formula is C23H19Cl2F3N2O4S. The number of sulfonamides is 1. The van der Waals surface area contributed by atoms with Crippen LogP contribution < -0.4 is 14.8 Å². The number of methoxy groups -OCH3 is 1. The molecule has 0 radical (unpaired) electrons. The van der Waals surface area contributed by atoms with Gasteiger partial charge >= 0.3 is 6.18 Å². The Kier molecular flexibility index (Phi) is 8.32. The number of amides is 1. The van der Waals surface area contributed by atoms with E-state index in [-0.39, 0.29) is 32.8 Å². The molecule has 2 N–H and O–H groups in total. The first-order valence-corrected chi connectivity index (χ1v) is 12.2. The van der Waals surface area contributed by atoms with Crippen molar-refractivity contribution in [3.05, 3.63) is 87.9 Å². The van der Waals surface area contributed by atoms with Crippen molar-refractivity contribution >= 4 is 44.8 Å². The second-order valence-corrected chi connectivity index (χ2v) is 9.87. The monoisotopic (exact) mass is 546 g/mol. The Hall–Kier alpha value is -2.79. The van der Waals surface area contributed by atoms with Gasteiger partial charge in [-0.15, -0.1) is 0 Å². The van der Waals surface area contributed by atoms with E-state index in [2.05, 4.69) is 10.0 Å². The highest BCUT2D eigenvalue weighted by Gasteiger charge is 2.32. The van der Waals surface area contributed by atoms with Gasteiger partial charge in [-0.2, -0.15) is 17.9 Å². The zero-order chi connectivity index (χ0) is 25.8. The predicted octanol–water partition coefficient (Wildman–Crippen LogP) is 5.55. The third-order valence-electron chi connectivity index (χ3n) is 4.86. The van der Waals surface area contributed by atoms with Crippen molar-refractivity contribution in [2.75, 3.05) is 12.4 Å². The number of carbonyl (C=O) groups is 1. The molecule has 0 aliphatic rings. The van der Waals surface area contributed by atoms with Gasteiger partial charge in [-0.05, 0) is 48.4 Å². The molecule has 0 aliphatic carbocycles. The highest BCUT2D eigenvalue weighted by molar-refractivity contribution is 7.89. The topological polar surface area (TPSA) is 84.5 Å². The van der Waals surface area contributed by atoms with E-state index in [4.69, 9.17) is 27.9 Å². The van der Waals surface area contributed by atoms with Gasteiger partial charge in [-0.3, -0.25) is 4.79 Å². The Morgan fingerprint density at radius 2 is 1.71 bits per heavy atom. The van der Waals surface area contributed by atoms with Gasteiger partial charge in [0.25, 0.3) is 0 Å². The van der Waals surface area contributed by atoms with E-state index in [1.165, 1.54) is 19.2 Å². The number of alkyl halides is 3. The van der Waals surface area contributed by atoms with Crippen LogP contribution >= 0.6 is 23.2 Å². The maximum absolute atomic E-state index is 13.2. The largest absolute Gasteiger partial charge is 0.495 e. The first kappa shape index (κ1) is 26.8. The van der Waals surface area contributed by atoms with Crippen LogP contribution in [0.2, 0.25) is 10.0 Å². The minimum absolute atomic E-state index is 0.0123. The molecule has 6 nitrogen and oxygen atoms in total. The average molecular weight is 547 g/mol. The van der Waals surface area contributed by atoms with E-state index in [1.54, 1.807) is 30.3 Å². The lowest BCUT2D eigenvalue weighted by atomic mass is 10.1. The van der Waals surface area contributed by atoms with Crippen molar-refractivity contribution in [3.63, 3.8) is 0 Å².